The van der Waals surface area contributed by atoms with Gasteiger partial charge in [-0.1, -0.05) is 19.1 Å². The minimum atomic E-state index is -4.84. The normalized spacial score (nSPS) is 20.2. The maximum atomic E-state index is 14.5. The monoisotopic (exact) mass is 694 g/mol. The topological polar surface area (TPSA) is 84.4 Å². The molecule has 2 amide bonds. The molecule has 3 aromatic rings. The van der Waals surface area contributed by atoms with Crippen molar-refractivity contribution in [1.82, 2.24) is 14.8 Å². The van der Waals surface area contributed by atoms with Crippen molar-refractivity contribution in [2.75, 3.05) is 64.5 Å². The van der Waals surface area contributed by atoms with Crippen molar-refractivity contribution in [2.45, 2.75) is 31.3 Å². The second-order valence-corrected chi connectivity index (χ2v) is 12.1. The van der Waals surface area contributed by atoms with Crippen LogP contribution in [0.5, 0.6) is 11.5 Å². The lowest BCUT2D eigenvalue weighted by atomic mass is 9.84. The van der Waals surface area contributed by atoms with Crippen molar-refractivity contribution in [1.29, 1.82) is 0 Å². The van der Waals surface area contributed by atoms with Crippen molar-refractivity contribution < 1.29 is 50.1 Å². The van der Waals surface area contributed by atoms with Crippen LogP contribution in [0, 0.1) is 5.92 Å². The number of para-hydroxylation sites is 2. The molecular formula is C34H36F6N4O5. The quantitative estimate of drug-likeness (QED) is 0.207. The van der Waals surface area contributed by atoms with Gasteiger partial charge in [0.15, 0.2) is 0 Å². The Bertz CT molecular complexity index is 1610. The lowest BCUT2D eigenvalue weighted by molar-refractivity contribution is -0.155. The Balaban J connectivity index is 1.43. The van der Waals surface area contributed by atoms with Crippen LogP contribution in [0.2, 0.25) is 0 Å². The largest absolute Gasteiger partial charge is 0.489 e. The number of aromatic nitrogens is 1. The van der Waals surface area contributed by atoms with Gasteiger partial charge in [-0.2, -0.15) is 26.3 Å². The lowest BCUT2D eigenvalue weighted by Gasteiger charge is -2.47. The second kappa shape index (κ2) is 14.5. The Morgan fingerprint density at radius 1 is 0.898 bits per heavy atom. The molecule has 49 heavy (non-hydrogen) atoms. The minimum absolute atomic E-state index is 0.0179. The number of pyridine rings is 1. The zero-order chi connectivity index (χ0) is 35.4. The maximum Gasteiger partial charge on any atom is 0.417 e. The van der Waals surface area contributed by atoms with Crippen molar-refractivity contribution in [3.05, 3.63) is 83.7 Å². The molecular weight excluding hydrogens is 658 g/mol. The Kier molecular flexibility index (Phi) is 10.6. The highest BCUT2D eigenvalue weighted by molar-refractivity contribution is 5.96. The van der Waals surface area contributed by atoms with Crippen molar-refractivity contribution in [2.24, 2.45) is 5.92 Å². The van der Waals surface area contributed by atoms with Crippen LogP contribution >= 0.6 is 0 Å². The van der Waals surface area contributed by atoms with Crippen LogP contribution in [0.1, 0.15) is 34.8 Å². The number of anilines is 1. The number of nitrogens with zero attached hydrogens (tertiary/aromatic N) is 4. The van der Waals surface area contributed by atoms with Crippen LogP contribution in [-0.4, -0.2) is 91.8 Å². The highest BCUT2D eigenvalue weighted by Crippen LogP contribution is 2.38. The average molecular weight is 695 g/mol. The van der Waals surface area contributed by atoms with Gasteiger partial charge in [0.25, 0.3) is 11.8 Å². The number of piperazine rings is 1. The van der Waals surface area contributed by atoms with Crippen LogP contribution in [0.4, 0.5) is 32.0 Å². The molecule has 2 aliphatic heterocycles. The third-order valence-corrected chi connectivity index (χ3v) is 8.50. The summed E-state index contributed by atoms with van der Waals surface area (Å²) in [6.07, 6.45) is -7.62. The summed E-state index contributed by atoms with van der Waals surface area (Å²) in [5.74, 6) is -1.36. The molecule has 2 fully saturated rings. The van der Waals surface area contributed by atoms with E-state index >= 15 is 0 Å². The van der Waals surface area contributed by atoms with Crippen molar-refractivity contribution in [3.8, 4) is 11.5 Å². The standard InChI is InChI=1S/C34H36F6N4O5/c1-23-19-32(49-25-9-7-24(8-10-25)33(35,36)37,22-44(21-23)30(45)26-20-41-12-11-27(26)34(38,39)40)31(46)43-15-13-42(14-16-43)28-5-3-4-6-29(28)48-18-17-47-2/h3-12,20,23H,13-19,21-22H2,1-2H3/t23-,32?/m0/s1. The number of benzene rings is 2. The van der Waals surface area contributed by atoms with Gasteiger partial charge >= 0.3 is 12.4 Å². The predicted molar refractivity (Wildman–Crippen MR) is 166 cm³/mol. The number of likely N-dealkylation sites (tertiary alicyclic amines) is 1. The molecule has 9 nitrogen and oxygen atoms in total. The van der Waals surface area contributed by atoms with E-state index in [-0.39, 0.29) is 31.8 Å². The number of ether oxygens (including phenoxy) is 3. The average Bonchev–Trinajstić information content (AvgIpc) is 3.07. The van der Waals surface area contributed by atoms with Gasteiger partial charge in [-0.3, -0.25) is 14.6 Å². The fourth-order valence-corrected chi connectivity index (χ4v) is 6.30. The molecule has 264 valence electrons. The molecule has 0 spiro atoms. The van der Waals surface area contributed by atoms with Gasteiger partial charge in [-0.15, -0.1) is 0 Å². The summed E-state index contributed by atoms with van der Waals surface area (Å²) in [5.41, 5.74) is -3.76. The molecule has 0 saturated carbocycles. The maximum absolute atomic E-state index is 14.5. The van der Waals surface area contributed by atoms with Crippen molar-refractivity contribution in [3.63, 3.8) is 0 Å². The molecule has 15 heteroatoms. The number of halogens is 6. The summed E-state index contributed by atoms with van der Waals surface area (Å²) in [6, 6.07) is 12.0. The molecule has 0 bridgehead atoms. The highest BCUT2D eigenvalue weighted by Gasteiger charge is 2.51. The number of rotatable bonds is 9. The van der Waals surface area contributed by atoms with E-state index in [1.807, 2.05) is 24.3 Å². The molecule has 2 aliphatic rings. The summed E-state index contributed by atoms with van der Waals surface area (Å²) >= 11 is 0. The number of methoxy groups -OCH3 is 1. The number of piperidine rings is 1. The fraction of sp³-hybridized carbons (Fsp3) is 0.441. The molecule has 2 saturated heterocycles. The molecule has 3 heterocycles. The molecule has 2 aromatic carbocycles. The van der Waals surface area contributed by atoms with E-state index in [2.05, 4.69) is 9.88 Å². The lowest BCUT2D eigenvalue weighted by Crippen LogP contribution is -2.65. The van der Waals surface area contributed by atoms with E-state index in [0.29, 0.717) is 38.1 Å². The molecule has 1 aromatic heterocycles. The van der Waals surface area contributed by atoms with Gasteiger partial charge in [-0.25, -0.2) is 0 Å². The van der Waals surface area contributed by atoms with E-state index in [1.165, 1.54) is 0 Å². The summed E-state index contributed by atoms with van der Waals surface area (Å²) in [7, 11) is 1.57. The fourth-order valence-electron chi connectivity index (χ4n) is 6.30. The van der Waals surface area contributed by atoms with E-state index in [0.717, 1.165) is 47.2 Å². The number of carbonyl (C=O) groups excluding carboxylic acids is 2. The molecule has 1 unspecified atom stereocenters. The second-order valence-electron chi connectivity index (χ2n) is 12.1. The minimum Gasteiger partial charge on any atom is -0.489 e. The van der Waals surface area contributed by atoms with Crippen molar-refractivity contribution >= 4 is 17.5 Å². The number of alkyl halides is 6. The Morgan fingerprint density at radius 3 is 2.24 bits per heavy atom. The predicted octanol–water partition coefficient (Wildman–Crippen LogP) is 5.79. The first kappa shape index (κ1) is 35.8. The first-order chi connectivity index (χ1) is 23.2. The van der Waals surface area contributed by atoms with E-state index in [9.17, 15) is 35.9 Å². The smallest absolute Gasteiger partial charge is 0.417 e. The third kappa shape index (κ3) is 8.20. The van der Waals surface area contributed by atoms with E-state index in [1.54, 1.807) is 18.9 Å². The molecule has 5 rings (SSSR count). The summed E-state index contributed by atoms with van der Waals surface area (Å²) in [4.78, 5) is 36.7. The van der Waals surface area contributed by atoms with E-state index < -0.39 is 58.9 Å². The van der Waals surface area contributed by atoms with Crippen LogP contribution < -0.4 is 14.4 Å². The molecule has 0 aliphatic carbocycles. The molecule has 0 radical (unpaired) electrons. The summed E-state index contributed by atoms with van der Waals surface area (Å²) in [5, 5.41) is 0. The van der Waals surface area contributed by atoms with Gasteiger partial charge in [0.2, 0.25) is 5.60 Å². The van der Waals surface area contributed by atoms with Crippen LogP contribution in [-0.2, 0) is 21.9 Å². The first-order valence-electron chi connectivity index (χ1n) is 15.6. The summed E-state index contributed by atoms with van der Waals surface area (Å²) < 4.78 is 98.7. The molecule has 2 atom stereocenters. The number of hydrogen-bond donors (Lipinski definition) is 0. The number of hydrogen-bond acceptors (Lipinski definition) is 7. The summed E-state index contributed by atoms with van der Waals surface area (Å²) in [6.45, 7) is 3.30. The Hall–Kier alpha value is -4.53. The number of amides is 2. The van der Waals surface area contributed by atoms with Gasteiger partial charge in [0.05, 0.1) is 35.5 Å². The SMILES string of the molecule is COCCOc1ccccc1N1CCN(C(=O)C2(Oc3ccc(C(F)(F)F)cc3)C[C@H](C)CN(C(=O)c3cnccc3C(F)(F)F)C2)CC1. The van der Waals surface area contributed by atoms with Gasteiger partial charge < -0.3 is 28.9 Å². The number of carbonyl (C=O) groups is 2. The highest BCUT2D eigenvalue weighted by atomic mass is 19.4. The molecule has 0 N–H and O–H groups in total. The third-order valence-electron chi connectivity index (χ3n) is 8.50. The van der Waals surface area contributed by atoms with Gasteiger partial charge in [0, 0.05) is 58.6 Å². The zero-order valence-electron chi connectivity index (χ0n) is 26.9. The van der Waals surface area contributed by atoms with Gasteiger partial charge in [0.1, 0.15) is 18.1 Å². The van der Waals surface area contributed by atoms with Crippen LogP contribution in [0.15, 0.2) is 67.0 Å². The Labute approximate surface area is 279 Å². The van der Waals surface area contributed by atoms with E-state index in [4.69, 9.17) is 14.2 Å². The first-order valence-corrected chi connectivity index (χ1v) is 15.6. The van der Waals surface area contributed by atoms with Gasteiger partial charge in [-0.05, 0) is 48.4 Å². The van der Waals surface area contributed by atoms with Crippen LogP contribution in [0.3, 0.4) is 0 Å². The zero-order valence-corrected chi connectivity index (χ0v) is 26.9. The Morgan fingerprint density at radius 2 is 1.59 bits per heavy atom. The van der Waals surface area contributed by atoms with Crippen LogP contribution in [0.25, 0.3) is 0 Å².